The third-order valence-electron chi connectivity index (χ3n) is 8.45. The summed E-state index contributed by atoms with van der Waals surface area (Å²) in [4.78, 5) is 0. The second kappa shape index (κ2) is 4.91. The molecule has 0 saturated heterocycles. The van der Waals surface area contributed by atoms with Crippen molar-refractivity contribution in [1.29, 1.82) is 0 Å². The Labute approximate surface area is 148 Å². The van der Waals surface area contributed by atoms with Crippen molar-refractivity contribution in [2.75, 3.05) is 0 Å². The second-order valence-corrected chi connectivity index (χ2v) is 12.3. The zero-order chi connectivity index (χ0) is 15.1. The van der Waals surface area contributed by atoms with E-state index in [0.29, 0.717) is 11.1 Å². The number of rotatable bonds is 2. The molecule has 0 amide bonds. The third-order valence-corrected chi connectivity index (χ3v) is 11.6. The van der Waals surface area contributed by atoms with Gasteiger partial charge in [-0.05, 0) is 0 Å². The van der Waals surface area contributed by atoms with Crippen LogP contribution in [0.5, 0.6) is 0 Å². The molecule has 2 nitrogen and oxygen atoms in total. The molecule has 0 aliphatic heterocycles. The maximum atomic E-state index is 5.48. The molecule has 8 aliphatic rings. The fourth-order valence-electron chi connectivity index (χ4n) is 8.52. The summed E-state index contributed by atoms with van der Waals surface area (Å²) < 4.78 is 11.0. The Kier molecular flexibility index (Phi) is 3.08. The molecule has 0 atom stereocenters. The van der Waals surface area contributed by atoms with Crippen molar-refractivity contribution in [2.45, 2.75) is 88.1 Å². The summed E-state index contributed by atoms with van der Waals surface area (Å²) in [5.74, 6) is 6.26. The molecular formula is C20H30N2Re. The Morgan fingerprint density at radius 1 is 0.478 bits per heavy atom. The van der Waals surface area contributed by atoms with Crippen LogP contribution in [0.1, 0.15) is 77.0 Å². The molecule has 3 heteroatoms. The molecular weight excluding hydrogens is 454 g/mol. The molecule has 23 heavy (non-hydrogen) atoms. The summed E-state index contributed by atoms with van der Waals surface area (Å²) in [6.45, 7) is 0. The summed E-state index contributed by atoms with van der Waals surface area (Å²) in [5, 5.41) is 0. The third kappa shape index (κ3) is 2.36. The van der Waals surface area contributed by atoms with Gasteiger partial charge in [0.05, 0.1) is 0 Å². The zero-order valence-electron chi connectivity index (χ0n) is 14.2. The van der Waals surface area contributed by atoms with Crippen molar-refractivity contribution in [3.05, 3.63) is 0 Å². The van der Waals surface area contributed by atoms with Crippen molar-refractivity contribution in [2.24, 2.45) is 42.7 Å². The Hall–Kier alpha value is 0.262. The van der Waals surface area contributed by atoms with Crippen LogP contribution in [0.25, 0.3) is 0 Å². The van der Waals surface area contributed by atoms with E-state index in [1.165, 1.54) is 38.5 Å². The molecule has 8 aliphatic carbocycles. The molecule has 8 saturated carbocycles. The topological polar surface area (TPSA) is 24.7 Å². The predicted molar refractivity (Wildman–Crippen MR) is 86.7 cm³/mol. The molecule has 8 bridgehead atoms. The number of hydrogen-bond acceptors (Lipinski definition) is 2. The van der Waals surface area contributed by atoms with Gasteiger partial charge in [0.15, 0.2) is 0 Å². The van der Waals surface area contributed by atoms with Crippen LogP contribution in [0.15, 0.2) is 7.14 Å². The van der Waals surface area contributed by atoms with Crippen LogP contribution in [0.4, 0.5) is 0 Å². The van der Waals surface area contributed by atoms with Crippen molar-refractivity contribution in [1.82, 2.24) is 0 Å². The Balaban J connectivity index is 1.27. The van der Waals surface area contributed by atoms with Gasteiger partial charge in [-0.15, -0.1) is 0 Å². The van der Waals surface area contributed by atoms with E-state index in [1.807, 2.05) is 0 Å². The van der Waals surface area contributed by atoms with Crippen LogP contribution in [-0.2, 0) is 17.6 Å². The Morgan fingerprint density at radius 2 is 0.739 bits per heavy atom. The molecule has 0 spiro atoms. The van der Waals surface area contributed by atoms with Crippen LogP contribution >= 0.6 is 0 Å². The Bertz CT molecular complexity index is 470. The summed E-state index contributed by atoms with van der Waals surface area (Å²) in [7, 11) is 0. The first-order valence-corrected chi connectivity index (χ1v) is 12.7. The molecule has 0 aromatic heterocycles. The SMILES string of the molecule is C1C2CC3CC1CC([N]=[Re]=[N]C14CC5CC(CC(C5)C1)C4)(C2)C3. The Morgan fingerprint density at radius 3 is 1.00 bits per heavy atom. The van der Waals surface area contributed by atoms with E-state index in [0.717, 1.165) is 35.5 Å². The van der Waals surface area contributed by atoms with Gasteiger partial charge < -0.3 is 0 Å². The fraction of sp³-hybridized carbons (Fsp3) is 1.00. The van der Waals surface area contributed by atoms with E-state index in [9.17, 15) is 0 Å². The fourth-order valence-corrected chi connectivity index (χ4v) is 11.3. The van der Waals surface area contributed by atoms with Gasteiger partial charge in [0.1, 0.15) is 0 Å². The van der Waals surface area contributed by atoms with E-state index in [1.54, 1.807) is 38.5 Å². The quantitative estimate of drug-likeness (QED) is 0.503. The normalized spacial score (nSPS) is 58.4. The van der Waals surface area contributed by atoms with Crippen molar-refractivity contribution >= 4 is 0 Å². The minimum absolute atomic E-state index is 0.443. The minimum atomic E-state index is -0.685. The van der Waals surface area contributed by atoms with Crippen LogP contribution < -0.4 is 0 Å². The first kappa shape index (κ1) is 14.4. The molecule has 8 fully saturated rings. The molecule has 0 aromatic rings. The molecule has 0 unspecified atom stereocenters. The van der Waals surface area contributed by atoms with E-state index < -0.39 is 17.6 Å². The first-order chi connectivity index (χ1) is 11.2. The van der Waals surface area contributed by atoms with Gasteiger partial charge in [-0.1, -0.05) is 0 Å². The van der Waals surface area contributed by atoms with Crippen molar-refractivity contribution in [3.8, 4) is 0 Å². The zero-order valence-corrected chi connectivity index (χ0v) is 16.9. The predicted octanol–water partition coefficient (Wildman–Crippen LogP) is 5.37. The van der Waals surface area contributed by atoms with E-state index >= 15 is 0 Å². The monoisotopic (exact) mass is 485 g/mol. The molecule has 0 aromatic carbocycles. The number of hydrogen-bond donors (Lipinski definition) is 0. The van der Waals surface area contributed by atoms with E-state index in [2.05, 4.69) is 0 Å². The van der Waals surface area contributed by atoms with Gasteiger partial charge in [0, 0.05) is 0 Å². The van der Waals surface area contributed by atoms with Gasteiger partial charge in [-0.3, -0.25) is 0 Å². The van der Waals surface area contributed by atoms with Crippen molar-refractivity contribution < 1.29 is 17.6 Å². The summed E-state index contributed by atoms with van der Waals surface area (Å²) >= 11 is -0.685. The van der Waals surface area contributed by atoms with Gasteiger partial charge in [0.25, 0.3) is 0 Å². The molecule has 0 heterocycles. The van der Waals surface area contributed by atoms with Crippen LogP contribution in [-0.4, -0.2) is 11.1 Å². The summed E-state index contributed by atoms with van der Waals surface area (Å²) in [6, 6.07) is 0. The van der Waals surface area contributed by atoms with Gasteiger partial charge in [-0.25, -0.2) is 0 Å². The average molecular weight is 485 g/mol. The average Bonchev–Trinajstić information content (AvgIpc) is 2.43. The number of nitrogens with zero attached hydrogens (tertiary/aromatic N) is 2. The van der Waals surface area contributed by atoms with Gasteiger partial charge in [0.2, 0.25) is 0 Å². The second-order valence-electron chi connectivity index (χ2n) is 10.5. The van der Waals surface area contributed by atoms with Crippen molar-refractivity contribution in [3.63, 3.8) is 0 Å². The van der Waals surface area contributed by atoms with Gasteiger partial charge in [-0.2, -0.15) is 0 Å². The van der Waals surface area contributed by atoms with E-state index in [4.69, 9.17) is 7.14 Å². The van der Waals surface area contributed by atoms with Crippen LogP contribution in [0, 0.1) is 35.5 Å². The van der Waals surface area contributed by atoms with E-state index in [-0.39, 0.29) is 0 Å². The standard InChI is InChI=1S/2C10H15N.Re/c2*11-10-4-7-1-8(5-10)3-9(2-7)6-10;/h2*7-9H,1-6H2;. The summed E-state index contributed by atoms with van der Waals surface area (Å²) in [5.41, 5.74) is 0.887. The van der Waals surface area contributed by atoms with Crippen LogP contribution in [0.3, 0.4) is 0 Å². The van der Waals surface area contributed by atoms with Gasteiger partial charge >= 0.3 is 148 Å². The molecule has 0 N–H and O–H groups in total. The summed E-state index contributed by atoms with van der Waals surface area (Å²) in [6.07, 6.45) is 18.0. The molecule has 127 valence electrons. The molecule has 0 radical (unpaired) electrons. The maximum absolute atomic E-state index is 5.48. The molecule has 8 rings (SSSR count). The first-order valence-electron chi connectivity index (χ1n) is 10.3. The van der Waals surface area contributed by atoms with Crippen LogP contribution in [0.2, 0.25) is 0 Å².